The van der Waals surface area contributed by atoms with Crippen molar-refractivity contribution in [2.45, 2.75) is 37.3 Å². The van der Waals surface area contributed by atoms with Gasteiger partial charge in [0, 0.05) is 23.2 Å². The molecule has 2 N–H and O–H groups in total. The topological polar surface area (TPSA) is 53.9 Å². The van der Waals surface area contributed by atoms with Crippen LogP contribution in [0.4, 0.5) is 5.69 Å². The van der Waals surface area contributed by atoms with E-state index in [1.54, 1.807) is 0 Å². The van der Waals surface area contributed by atoms with Crippen molar-refractivity contribution in [2.24, 2.45) is 0 Å². The molecule has 0 fully saturated rings. The third-order valence-electron chi connectivity index (χ3n) is 4.23. The highest BCUT2D eigenvalue weighted by Crippen LogP contribution is 2.37. The molecule has 0 radical (unpaired) electrons. The number of hydrogen-bond donors (Lipinski definition) is 2. The standard InChI is InChI=1S/C18H27N3O2S/c1-4-19-17(22)12-20(5-2)13-18(23)21-11-10-14(3)24-16-9-7-6-8-15(16)21/h6-9,14H,4-5,10-13H2,1-3H3,(H,19,22)/p+1/t14-/m0/s1. The summed E-state index contributed by atoms with van der Waals surface area (Å²) in [7, 11) is 0. The third kappa shape index (κ3) is 4.98. The molecule has 2 amide bonds. The quantitative estimate of drug-likeness (QED) is 0.803. The van der Waals surface area contributed by atoms with Gasteiger partial charge >= 0.3 is 0 Å². The largest absolute Gasteiger partial charge is 0.351 e. The summed E-state index contributed by atoms with van der Waals surface area (Å²) < 4.78 is 0. The van der Waals surface area contributed by atoms with Crippen molar-refractivity contribution in [1.82, 2.24) is 5.32 Å². The van der Waals surface area contributed by atoms with Gasteiger partial charge in [0.1, 0.15) is 0 Å². The molecule has 5 nitrogen and oxygen atoms in total. The first-order valence-electron chi connectivity index (χ1n) is 8.71. The summed E-state index contributed by atoms with van der Waals surface area (Å²) in [6, 6.07) is 8.11. The van der Waals surface area contributed by atoms with Crippen LogP contribution in [0.2, 0.25) is 0 Å². The SMILES string of the molecule is CCNC(=O)C[NH+](CC)CC(=O)N1CC[C@H](C)Sc2ccccc21. The molecular weight excluding hydrogens is 322 g/mol. The van der Waals surface area contributed by atoms with Crippen LogP contribution < -0.4 is 15.1 Å². The Bertz CT molecular complexity index is 579. The van der Waals surface area contributed by atoms with E-state index in [0.717, 1.165) is 35.0 Å². The van der Waals surface area contributed by atoms with E-state index in [-0.39, 0.29) is 11.8 Å². The first-order valence-corrected chi connectivity index (χ1v) is 9.59. The van der Waals surface area contributed by atoms with Crippen molar-refractivity contribution in [3.63, 3.8) is 0 Å². The molecule has 2 rings (SSSR count). The minimum Gasteiger partial charge on any atom is -0.351 e. The van der Waals surface area contributed by atoms with Crippen LogP contribution in [-0.4, -0.2) is 49.8 Å². The summed E-state index contributed by atoms with van der Waals surface area (Å²) in [6.45, 7) is 8.92. The third-order valence-corrected chi connectivity index (χ3v) is 5.47. The van der Waals surface area contributed by atoms with E-state index >= 15 is 0 Å². The number of thioether (sulfide) groups is 1. The number of amides is 2. The Morgan fingerprint density at radius 2 is 2.04 bits per heavy atom. The molecule has 0 saturated carbocycles. The predicted octanol–water partition coefficient (Wildman–Crippen LogP) is 0.945. The fraction of sp³-hybridized carbons (Fsp3) is 0.556. The van der Waals surface area contributed by atoms with E-state index < -0.39 is 0 Å². The van der Waals surface area contributed by atoms with Gasteiger partial charge in [0.05, 0.1) is 12.2 Å². The van der Waals surface area contributed by atoms with E-state index in [1.807, 2.05) is 48.7 Å². The molecule has 6 heteroatoms. The summed E-state index contributed by atoms with van der Waals surface area (Å²) in [5.41, 5.74) is 1.00. The number of likely N-dealkylation sites (N-methyl/N-ethyl adjacent to an activating group) is 2. The number of benzene rings is 1. The summed E-state index contributed by atoms with van der Waals surface area (Å²) in [4.78, 5) is 28.8. The highest BCUT2D eigenvalue weighted by atomic mass is 32.2. The number of rotatable bonds is 6. The molecule has 1 aliphatic rings. The second-order valence-electron chi connectivity index (χ2n) is 6.14. The molecule has 1 aromatic carbocycles. The van der Waals surface area contributed by atoms with Crippen molar-refractivity contribution < 1.29 is 14.5 Å². The van der Waals surface area contributed by atoms with Gasteiger partial charge < -0.3 is 15.1 Å². The van der Waals surface area contributed by atoms with Crippen LogP contribution in [0.25, 0.3) is 0 Å². The summed E-state index contributed by atoms with van der Waals surface area (Å²) >= 11 is 1.83. The zero-order chi connectivity index (χ0) is 17.5. The predicted molar refractivity (Wildman–Crippen MR) is 98.7 cm³/mol. The molecule has 1 aromatic rings. The maximum atomic E-state index is 12.9. The number of hydrogen-bond acceptors (Lipinski definition) is 3. The van der Waals surface area contributed by atoms with Crippen molar-refractivity contribution in [2.75, 3.05) is 37.6 Å². The Balaban J connectivity index is 2.09. The Labute approximate surface area is 148 Å². The van der Waals surface area contributed by atoms with E-state index in [9.17, 15) is 9.59 Å². The van der Waals surface area contributed by atoms with E-state index in [2.05, 4.69) is 18.3 Å². The highest BCUT2D eigenvalue weighted by Gasteiger charge is 2.27. The summed E-state index contributed by atoms with van der Waals surface area (Å²) in [6.07, 6.45) is 0.975. The van der Waals surface area contributed by atoms with E-state index in [0.29, 0.717) is 24.9 Å². The lowest BCUT2D eigenvalue weighted by molar-refractivity contribution is -0.881. The lowest BCUT2D eigenvalue weighted by Crippen LogP contribution is -3.14. The van der Waals surface area contributed by atoms with Crippen molar-refractivity contribution in [3.8, 4) is 0 Å². The van der Waals surface area contributed by atoms with Gasteiger partial charge in [-0.1, -0.05) is 19.1 Å². The van der Waals surface area contributed by atoms with Gasteiger partial charge in [-0.05, 0) is 32.4 Å². The number of para-hydroxylation sites is 1. The average Bonchev–Trinajstić information content (AvgIpc) is 2.72. The van der Waals surface area contributed by atoms with Gasteiger partial charge in [0.15, 0.2) is 13.1 Å². The van der Waals surface area contributed by atoms with Gasteiger partial charge in [-0.15, -0.1) is 11.8 Å². The normalized spacial score (nSPS) is 18.5. The first kappa shape index (κ1) is 18.8. The monoisotopic (exact) mass is 350 g/mol. The van der Waals surface area contributed by atoms with E-state index in [1.165, 1.54) is 0 Å². The molecule has 1 unspecified atom stereocenters. The van der Waals surface area contributed by atoms with Crippen LogP contribution in [0.1, 0.15) is 27.2 Å². The maximum Gasteiger partial charge on any atom is 0.282 e. The molecule has 1 aliphatic heterocycles. The second kappa shape index (κ2) is 9.08. The summed E-state index contributed by atoms with van der Waals surface area (Å²) in [5, 5.41) is 3.30. The number of carbonyl (C=O) groups is 2. The molecule has 1 heterocycles. The fourth-order valence-corrected chi connectivity index (χ4v) is 3.97. The minimum atomic E-state index is 0.00240. The fourth-order valence-electron chi connectivity index (χ4n) is 2.85. The van der Waals surface area contributed by atoms with Crippen molar-refractivity contribution in [1.29, 1.82) is 0 Å². The van der Waals surface area contributed by atoms with E-state index in [4.69, 9.17) is 0 Å². The Morgan fingerprint density at radius 3 is 2.75 bits per heavy atom. The van der Waals surface area contributed by atoms with Gasteiger partial charge in [-0.25, -0.2) is 0 Å². The molecule has 0 aliphatic carbocycles. The molecule has 0 bridgehead atoms. The van der Waals surface area contributed by atoms with Gasteiger partial charge in [0.25, 0.3) is 11.8 Å². The van der Waals surface area contributed by atoms with Crippen LogP contribution in [0.3, 0.4) is 0 Å². The molecule has 0 spiro atoms. The Morgan fingerprint density at radius 1 is 1.29 bits per heavy atom. The number of quaternary nitrogens is 1. The van der Waals surface area contributed by atoms with Crippen molar-refractivity contribution >= 4 is 29.3 Å². The van der Waals surface area contributed by atoms with Crippen LogP contribution in [-0.2, 0) is 9.59 Å². The Kier molecular flexibility index (Phi) is 7.12. The smallest absolute Gasteiger partial charge is 0.282 e. The number of nitrogens with zero attached hydrogens (tertiary/aromatic N) is 1. The van der Waals surface area contributed by atoms with Crippen LogP contribution in [0.5, 0.6) is 0 Å². The van der Waals surface area contributed by atoms with Gasteiger partial charge in [0.2, 0.25) is 0 Å². The van der Waals surface area contributed by atoms with Gasteiger partial charge in [-0.2, -0.15) is 0 Å². The molecule has 2 atom stereocenters. The highest BCUT2D eigenvalue weighted by molar-refractivity contribution is 8.00. The lowest BCUT2D eigenvalue weighted by Gasteiger charge is -2.25. The molecular formula is C18H28N3O2S+. The average molecular weight is 351 g/mol. The minimum absolute atomic E-state index is 0.00240. The maximum absolute atomic E-state index is 12.9. The van der Waals surface area contributed by atoms with Crippen LogP contribution in [0, 0.1) is 0 Å². The number of carbonyl (C=O) groups excluding carboxylic acids is 2. The lowest BCUT2D eigenvalue weighted by atomic mass is 10.2. The second-order valence-corrected chi connectivity index (χ2v) is 7.62. The zero-order valence-electron chi connectivity index (χ0n) is 14.8. The number of fused-ring (bicyclic) bond motifs is 1. The molecule has 24 heavy (non-hydrogen) atoms. The first-order chi connectivity index (χ1) is 11.5. The Hall–Kier alpha value is -1.53. The number of anilines is 1. The van der Waals surface area contributed by atoms with Crippen LogP contribution >= 0.6 is 11.8 Å². The molecule has 0 aromatic heterocycles. The van der Waals surface area contributed by atoms with Gasteiger partial charge in [-0.3, -0.25) is 9.59 Å². The number of nitrogens with one attached hydrogen (secondary N) is 2. The van der Waals surface area contributed by atoms with Crippen molar-refractivity contribution in [3.05, 3.63) is 24.3 Å². The molecule has 0 saturated heterocycles. The molecule has 132 valence electrons. The zero-order valence-corrected chi connectivity index (χ0v) is 15.6. The summed E-state index contributed by atoms with van der Waals surface area (Å²) in [5.74, 6) is 0.0980. The van der Waals surface area contributed by atoms with Crippen LogP contribution in [0.15, 0.2) is 29.2 Å².